The van der Waals surface area contributed by atoms with E-state index in [2.05, 4.69) is 5.32 Å². The number of nitrogens with zero attached hydrogens (tertiary/aromatic N) is 1. The van der Waals surface area contributed by atoms with Crippen LogP contribution in [-0.2, 0) is 10.0 Å². The van der Waals surface area contributed by atoms with E-state index < -0.39 is 10.0 Å². The van der Waals surface area contributed by atoms with Gasteiger partial charge in [-0.05, 0) is 44.4 Å². The van der Waals surface area contributed by atoms with Gasteiger partial charge in [-0.3, -0.25) is 0 Å². The van der Waals surface area contributed by atoms with Gasteiger partial charge < -0.3 is 5.32 Å². The summed E-state index contributed by atoms with van der Waals surface area (Å²) in [5.41, 5.74) is 0.813. The van der Waals surface area contributed by atoms with E-state index in [1.165, 1.54) is 0 Å². The van der Waals surface area contributed by atoms with E-state index in [9.17, 15) is 8.42 Å². The summed E-state index contributed by atoms with van der Waals surface area (Å²) in [4.78, 5) is 0.437. The summed E-state index contributed by atoms with van der Waals surface area (Å²) in [5, 5.41) is 3.38. The van der Waals surface area contributed by atoms with Crippen LogP contribution in [0.15, 0.2) is 29.2 Å². The molecular formula is C15H24N2O2S. The van der Waals surface area contributed by atoms with Crippen molar-refractivity contribution >= 4 is 10.0 Å². The van der Waals surface area contributed by atoms with E-state index >= 15 is 0 Å². The largest absolute Gasteiger partial charge is 0.313 e. The van der Waals surface area contributed by atoms with Crippen LogP contribution in [0.2, 0.25) is 0 Å². The van der Waals surface area contributed by atoms with Crippen molar-refractivity contribution in [3.8, 4) is 0 Å². The third kappa shape index (κ3) is 3.40. The molecule has 0 spiro atoms. The first-order chi connectivity index (χ1) is 9.55. The maximum Gasteiger partial charge on any atom is 0.243 e. The zero-order valence-corrected chi connectivity index (χ0v) is 13.1. The average molecular weight is 296 g/mol. The number of aryl methyl sites for hydroxylation is 1. The molecule has 1 fully saturated rings. The summed E-state index contributed by atoms with van der Waals surface area (Å²) < 4.78 is 27.3. The molecule has 1 atom stereocenters. The van der Waals surface area contributed by atoms with Crippen LogP contribution in [0, 0.1) is 6.92 Å². The van der Waals surface area contributed by atoms with Crippen LogP contribution in [0.3, 0.4) is 0 Å². The molecular weight excluding hydrogens is 272 g/mol. The lowest BCUT2D eigenvalue weighted by molar-refractivity contribution is 0.369. The van der Waals surface area contributed by atoms with Crippen molar-refractivity contribution in [2.45, 2.75) is 44.0 Å². The summed E-state index contributed by atoms with van der Waals surface area (Å²) in [7, 11) is -3.39. The minimum Gasteiger partial charge on any atom is -0.313 e. The molecule has 1 aromatic carbocycles. The third-order valence-electron chi connectivity index (χ3n) is 3.77. The number of hydrogen-bond donors (Lipinski definition) is 1. The lowest BCUT2D eigenvalue weighted by Gasteiger charge is -2.25. The van der Waals surface area contributed by atoms with Crippen molar-refractivity contribution in [2.24, 2.45) is 0 Å². The third-order valence-corrected chi connectivity index (χ3v) is 5.80. The SMILES string of the molecule is CCCN(CC1CCCN1)S(=O)(=O)c1ccccc1C. The molecule has 1 aromatic rings. The van der Waals surface area contributed by atoms with E-state index in [0.717, 1.165) is 31.4 Å². The highest BCUT2D eigenvalue weighted by Gasteiger charge is 2.28. The summed E-state index contributed by atoms with van der Waals surface area (Å²) in [6.45, 7) is 6.02. The molecule has 0 bridgehead atoms. The van der Waals surface area contributed by atoms with E-state index in [4.69, 9.17) is 0 Å². The van der Waals surface area contributed by atoms with Gasteiger partial charge in [-0.1, -0.05) is 25.1 Å². The van der Waals surface area contributed by atoms with Crippen molar-refractivity contribution in [1.29, 1.82) is 0 Å². The van der Waals surface area contributed by atoms with Crippen molar-refractivity contribution in [1.82, 2.24) is 9.62 Å². The Morgan fingerprint density at radius 2 is 2.10 bits per heavy atom. The summed E-state index contributed by atoms with van der Waals surface area (Å²) in [6.07, 6.45) is 3.02. The molecule has 0 radical (unpaired) electrons. The van der Waals surface area contributed by atoms with Gasteiger partial charge >= 0.3 is 0 Å². The second-order valence-electron chi connectivity index (χ2n) is 5.42. The Morgan fingerprint density at radius 3 is 2.70 bits per heavy atom. The molecule has 0 saturated carbocycles. The Kier molecular flexibility index (Phi) is 5.18. The van der Waals surface area contributed by atoms with Gasteiger partial charge in [0.25, 0.3) is 0 Å². The lowest BCUT2D eigenvalue weighted by Crippen LogP contribution is -2.41. The predicted octanol–water partition coefficient (Wildman–Crippen LogP) is 2.15. The molecule has 4 nitrogen and oxygen atoms in total. The number of sulfonamides is 1. The van der Waals surface area contributed by atoms with Crippen molar-refractivity contribution in [2.75, 3.05) is 19.6 Å². The molecule has 112 valence electrons. The van der Waals surface area contributed by atoms with Crippen molar-refractivity contribution < 1.29 is 8.42 Å². The molecule has 0 amide bonds. The molecule has 1 saturated heterocycles. The lowest BCUT2D eigenvalue weighted by atomic mass is 10.2. The van der Waals surface area contributed by atoms with Crippen LogP contribution in [-0.4, -0.2) is 38.4 Å². The second-order valence-corrected chi connectivity index (χ2v) is 7.33. The fourth-order valence-corrected chi connectivity index (χ4v) is 4.51. The van der Waals surface area contributed by atoms with E-state index in [1.807, 2.05) is 26.0 Å². The van der Waals surface area contributed by atoms with Crippen LogP contribution in [0.25, 0.3) is 0 Å². The number of hydrogen-bond acceptors (Lipinski definition) is 3. The Labute approximate surface area is 122 Å². The van der Waals surface area contributed by atoms with Gasteiger partial charge in [-0.2, -0.15) is 4.31 Å². The van der Waals surface area contributed by atoms with Crippen molar-refractivity contribution in [3.05, 3.63) is 29.8 Å². The summed E-state index contributed by atoms with van der Waals surface area (Å²) >= 11 is 0. The standard InChI is InChI=1S/C15H24N2O2S/c1-3-11-17(12-14-8-6-10-16-14)20(18,19)15-9-5-4-7-13(15)2/h4-5,7,9,14,16H,3,6,8,10-12H2,1-2H3. The molecule has 2 rings (SSSR count). The normalized spacial score (nSPS) is 19.6. The fraction of sp³-hybridized carbons (Fsp3) is 0.600. The maximum atomic E-state index is 12.8. The molecule has 1 unspecified atom stereocenters. The van der Waals surface area contributed by atoms with Crippen LogP contribution in [0.5, 0.6) is 0 Å². The predicted molar refractivity (Wildman–Crippen MR) is 81.3 cm³/mol. The quantitative estimate of drug-likeness (QED) is 0.875. The van der Waals surface area contributed by atoms with Crippen LogP contribution in [0.1, 0.15) is 31.7 Å². The second kappa shape index (κ2) is 6.70. The molecule has 20 heavy (non-hydrogen) atoms. The van der Waals surface area contributed by atoms with Crippen molar-refractivity contribution in [3.63, 3.8) is 0 Å². The Bertz CT molecular complexity index is 537. The topological polar surface area (TPSA) is 49.4 Å². The monoisotopic (exact) mass is 296 g/mol. The molecule has 0 aromatic heterocycles. The Hall–Kier alpha value is -0.910. The molecule has 0 aliphatic carbocycles. The summed E-state index contributed by atoms with van der Waals surface area (Å²) in [6, 6.07) is 7.51. The highest BCUT2D eigenvalue weighted by Crippen LogP contribution is 2.21. The highest BCUT2D eigenvalue weighted by molar-refractivity contribution is 7.89. The van der Waals surface area contributed by atoms with Crippen LogP contribution in [0.4, 0.5) is 0 Å². The Balaban J connectivity index is 2.24. The van der Waals surface area contributed by atoms with Gasteiger partial charge in [-0.25, -0.2) is 8.42 Å². The Morgan fingerprint density at radius 1 is 1.35 bits per heavy atom. The van der Waals surface area contributed by atoms with E-state index in [0.29, 0.717) is 24.0 Å². The van der Waals surface area contributed by atoms with E-state index in [-0.39, 0.29) is 0 Å². The molecule has 5 heteroatoms. The first-order valence-corrected chi connectivity index (χ1v) is 8.79. The van der Waals surface area contributed by atoms with Gasteiger partial charge in [0.05, 0.1) is 4.90 Å². The smallest absolute Gasteiger partial charge is 0.243 e. The number of nitrogens with one attached hydrogen (secondary N) is 1. The average Bonchev–Trinajstić information content (AvgIpc) is 2.91. The molecule has 1 aliphatic heterocycles. The molecule has 1 N–H and O–H groups in total. The van der Waals surface area contributed by atoms with Crippen LogP contribution >= 0.6 is 0 Å². The first-order valence-electron chi connectivity index (χ1n) is 7.35. The summed E-state index contributed by atoms with van der Waals surface area (Å²) in [5.74, 6) is 0. The van der Waals surface area contributed by atoms with Gasteiger partial charge in [0.2, 0.25) is 10.0 Å². The first kappa shape index (κ1) is 15.5. The maximum absolute atomic E-state index is 12.8. The van der Waals surface area contributed by atoms with Gasteiger partial charge in [0.1, 0.15) is 0 Å². The zero-order chi connectivity index (χ0) is 14.6. The molecule has 1 heterocycles. The number of rotatable bonds is 6. The minimum atomic E-state index is -3.39. The van der Waals surface area contributed by atoms with E-state index in [1.54, 1.807) is 16.4 Å². The highest BCUT2D eigenvalue weighted by atomic mass is 32.2. The van der Waals surface area contributed by atoms with Gasteiger partial charge in [0.15, 0.2) is 0 Å². The van der Waals surface area contributed by atoms with Crippen LogP contribution < -0.4 is 5.32 Å². The minimum absolute atomic E-state index is 0.292. The zero-order valence-electron chi connectivity index (χ0n) is 12.3. The fourth-order valence-electron chi connectivity index (χ4n) is 2.70. The molecule has 1 aliphatic rings. The van der Waals surface area contributed by atoms with Gasteiger partial charge in [-0.15, -0.1) is 0 Å². The number of benzene rings is 1. The van der Waals surface area contributed by atoms with Gasteiger partial charge in [0, 0.05) is 19.1 Å².